The molecule has 0 spiro atoms. The number of rotatable bonds is 5. The number of hydrogen-bond acceptors (Lipinski definition) is 5. The standard InChI is InChI=1S/C20H18ClN5O2/c1-12-16(21)4-3-5-17(12)26-19-11-22-18(10-23-19)20(28)25-15-8-6-14(7-9-15)24-13(2)27/h3-11H,1-2H3,(H,23,26)(H,24,27)(H,25,28). The summed E-state index contributed by atoms with van der Waals surface area (Å²) >= 11 is 6.11. The minimum absolute atomic E-state index is 0.159. The second kappa shape index (κ2) is 8.49. The van der Waals surface area contributed by atoms with Gasteiger partial charge >= 0.3 is 0 Å². The number of carbonyl (C=O) groups excluding carboxylic acids is 2. The fourth-order valence-electron chi connectivity index (χ4n) is 2.43. The summed E-state index contributed by atoms with van der Waals surface area (Å²) in [6, 6.07) is 12.3. The molecule has 0 aliphatic rings. The van der Waals surface area contributed by atoms with E-state index in [9.17, 15) is 9.59 Å². The Kier molecular flexibility index (Phi) is 5.86. The van der Waals surface area contributed by atoms with Gasteiger partial charge < -0.3 is 16.0 Å². The van der Waals surface area contributed by atoms with Gasteiger partial charge in [-0.15, -0.1) is 0 Å². The van der Waals surface area contributed by atoms with E-state index in [1.165, 1.54) is 19.3 Å². The molecule has 0 bridgehead atoms. The van der Waals surface area contributed by atoms with E-state index in [0.717, 1.165) is 11.3 Å². The molecule has 0 aliphatic heterocycles. The minimum atomic E-state index is -0.384. The molecule has 0 atom stereocenters. The Morgan fingerprint density at radius 2 is 1.61 bits per heavy atom. The molecule has 0 saturated carbocycles. The summed E-state index contributed by atoms with van der Waals surface area (Å²) in [7, 11) is 0. The van der Waals surface area contributed by atoms with Gasteiger partial charge in [0, 0.05) is 29.0 Å². The Bertz CT molecular complexity index is 1000. The van der Waals surface area contributed by atoms with Crippen molar-refractivity contribution in [1.29, 1.82) is 0 Å². The number of nitrogens with zero attached hydrogens (tertiary/aromatic N) is 2. The molecule has 0 aliphatic carbocycles. The van der Waals surface area contributed by atoms with Gasteiger partial charge in [0.1, 0.15) is 11.5 Å². The van der Waals surface area contributed by atoms with Crippen LogP contribution in [-0.4, -0.2) is 21.8 Å². The van der Waals surface area contributed by atoms with Crippen LogP contribution in [0.1, 0.15) is 23.0 Å². The third-order valence-corrected chi connectivity index (χ3v) is 4.29. The first-order valence-corrected chi connectivity index (χ1v) is 8.83. The average molecular weight is 396 g/mol. The van der Waals surface area contributed by atoms with Crippen LogP contribution in [0.2, 0.25) is 5.02 Å². The molecule has 2 aromatic carbocycles. The summed E-state index contributed by atoms with van der Waals surface area (Å²) in [6.07, 6.45) is 2.87. The molecule has 0 fully saturated rings. The maximum absolute atomic E-state index is 12.3. The van der Waals surface area contributed by atoms with Crippen LogP contribution in [-0.2, 0) is 4.79 Å². The predicted octanol–water partition coefficient (Wildman–Crippen LogP) is 4.39. The summed E-state index contributed by atoms with van der Waals surface area (Å²) in [6.45, 7) is 3.33. The summed E-state index contributed by atoms with van der Waals surface area (Å²) < 4.78 is 0. The largest absolute Gasteiger partial charge is 0.339 e. The molecule has 1 aromatic heterocycles. The van der Waals surface area contributed by atoms with Gasteiger partial charge in [0.25, 0.3) is 5.91 Å². The fourth-order valence-corrected chi connectivity index (χ4v) is 2.60. The molecule has 3 rings (SSSR count). The summed E-state index contributed by atoms with van der Waals surface area (Å²) in [5.74, 6) is -0.0411. The lowest BCUT2D eigenvalue weighted by molar-refractivity contribution is -0.114. The van der Waals surface area contributed by atoms with Crippen LogP contribution >= 0.6 is 11.6 Å². The van der Waals surface area contributed by atoms with E-state index in [1.807, 2.05) is 25.1 Å². The van der Waals surface area contributed by atoms with E-state index in [4.69, 9.17) is 11.6 Å². The van der Waals surface area contributed by atoms with Gasteiger partial charge in [-0.05, 0) is 48.9 Å². The molecule has 8 heteroatoms. The second-order valence-corrected chi connectivity index (χ2v) is 6.44. The number of aromatic nitrogens is 2. The summed E-state index contributed by atoms with van der Waals surface area (Å²) in [4.78, 5) is 31.7. The molecule has 7 nitrogen and oxygen atoms in total. The van der Waals surface area contributed by atoms with Crippen molar-refractivity contribution in [2.75, 3.05) is 16.0 Å². The third kappa shape index (κ3) is 4.83. The number of benzene rings is 2. The first-order chi connectivity index (χ1) is 13.4. The number of nitrogens with one attached hydrogen (secondary N) is 3. The van der Waals surface area contributed by atoms with Crippen molar-refractivity contribution < 1.29 is 9.59 Å². The normalized spacial score (nSPS) is 10.2. The number of anilines is 4. The highest BCUT2D eigenvalue weighted by molar-refractivity contribution is 6.31. The van der Waals surface area contributed by atoms with Gasteiger partial charge in [-0.3, -0.25) is 9.59 Å². The SMILES string of the molecule is CC(=O)Nc1ccc(NC(=O)c2cnc(Nc3cccc(Cl)c3C)cn2)cc1. The van der Waals surface area contributed by atoms with E-state index in [0.29, 0.717) is 22.2 Å². The first-order valence-electron chi connectivity index (χ1n) is 8.45. The zero-order valence-corrected chi connectivity index (χ0v) is 16.0. The Morgan fingerprint density at radius 1 is 0.929 bits per heavy atom. The van der Waals surface area contributed by atoms with Crippen LogP contribution in [0.3, 0.4) is 0 Å². The zero-order valence-electron chi connectivity index (χ0n) is 15.3. The maximum atomic E-state index is 12.3. The van der Waals surface area contributed by atoms with Crippen molar-refractivity contribution in [3.63, 3.8) is 0 Å². The van der Waals surface area contributed by atoms with Crippen LogP contribution < -0.4 is 16.0 Å². The van der Waals surface area contributed by atoms with Crippen LogP contribution in [0, 0.1) is 6.92 Å². The van der Waals surface area contributed by atoms with Gasteiger partial charge in [0.2, 0.25) is 5.91 Å². The second-order valence-electron chi connectivity index (χ2n) is 6.04. The Hall–Kier alpha value is -3.45. The predicted molar refractivity (Wildman–Crippen MR) is 110 cm³/mol. The topological polar surface area (TPSA) is 96.0 Å². The molecule has 142 valence electrons. The van der Waals surface area contributed by atoms with E-state index in [-0.39, 0.29) is 17.5 Å². The van der Waals surface area contributed by atoms with Gasteiger partial charge in [0.15, 0.2) is 0 Å². The Balaban J connectivity index is 1.65. The molecule has 3 N–H and O–H groups in total. The van der Waals surface area contributed by atoms with E-state index >= 15 is 0 Å². The molecule has 1 heterocycles. The van der Waals surface area contributed by atoms with Gasteiger partial charge in [-0.2, -0.15) is 0 Å². The monoisotopic (exact) mass is 395 g/mol. The van der Waals surface area contributed by atoms with E-state index < -0.39 is 0 Å². The Labute approximate surface area is 167 Å². The first kappa shape index (κ1) is 19.3. The quantitative estimate of drug-likeness (QED) is 0.595. The highest BCUT2D eigenvalue weighted by Gasteiger charge is 2.10. The average Bonchev–Trinajstić information content (AvgIpc) is 2.67. The van der Waals surface area contributed by atoms with Crippen molar-refractivity contribution in [1.82, 2.24) is 9.97 Å². The molecule has 3 aromatic rings. The zero-order chi connectivity index (χ0) is 20.1. The number of amides is 2. The fraction of sp³-hybridized carbons (Fsp3) is 0.100. The molecule has 2 amide bonds. The molecule has 0 unspecified atom stereocenters. The molecular weight excluding hydrogens is 378 g/mol. The van der Waals surface area contributed by atoms with Crippen molar-refractivity contribution >= 4 is 46.3 Å². The number of carbonyl (C=O) groups is 2. The third-order valence-electron chi connectivity index (χ3n) is 3.88. The lowest BCUT2D eigenvalue weighted by atomic mass is 10.2. The molecule has 28 heavy (non-hydrogen) atoms. The maximum Gasteiger partial charge on any atom is 0.275 e. The van der Waals surface area contributed by atoms with Crippen molar-refractivity contribution in [2.24, 2.45) is 0 Å². The van der Waals surface area contributed by atoms with Crippen molar-refractivity contribution in [3.8, 4) is 0 Å². The van der Waals surface area contributed by atoms with Gasteiger partial charge in [0.05, 0.1) is 12.4 Å². The van der Waals surface area contributed by atoms with Crippen LogP contribution in [0.5, 0.6) is 0 Å². The Morgan fingerprint density at radius 3 is 2.21 bits per heavy atom. The number of halogens is 1. The van der Waals surface area contributed by atoms with E-state index in [2.05, 4.69) is 25.9 Å². The molecule has 0 saturated heterocycles. The van der Waals surface area contributed by atoms with E-state index in [1.54, 1.807) is 24.3 Å². The smallest absolute Gasteiger partial charge is 0.275 e. The lowest BCUT2D eigenvalue weighted by Crippen LogP contribution is -2.14. The highest BCUT2D eigenvalue weighted by atomic mass is 35.5. The van der Waals surface area contributed by atoms with Gasteiger partial charge in [-0.1, -0.05) is 17.7 Å². The molecular formula is C20H18ClN5O2. The van der Waals surface area contributed by atoms with Crippen LogP contribution in [0.4, 0.5) is 22.9 Å². The minimum Gasteiger partial charge on any atom is -0.339 e. The summed E-state index contributed by atoms with van der Waals surface area (Å²) in [5.41, 5.74) is 3.13. The lowest BCUT2D eigenvalue weighted by Gasteiger charge is -2.10. The highest BCUT2D eigenvalue weighted by Crippen LogP contribution is 2.25. The van der Waals surface area contributed by atoms with Crippen LogP contribution in [0.15, 0.2) is 54.9 Å². The summed E-state index contributed by atoms with van der Waals surface area (Å²) in [5, 5.41) is 9.17. The number of hydrogen-bond donors (Lipinski definition) is 3. The van der Waals surface area contributed by atoms with Crippen molar-refractivity contribution in [2.45, 2.75) is 13.8 Å². The van der Waals surface area contributed by atoms with Crippen LogP contribution in [0.25, 0.3) is 0 Å². The van der Waals surface area contributed by atoms with Crippen molar-refractivity contribution in [3.05, 3.63) is 71.1 Å². The molecule has 0 radical (unpaired) electrons. The van der Waals surface area contributed by atoms with Gasteiger partial charge in [-0.25, -0.2) is 9.97 Å².